The monoisotopic (exact) mass is 561 g/mol. The number of amides is 3. The molecule has 226 valence electrons. The number of ether oxygens (including phenoxy) is 2. The summed E-state index contributed by atoms with van der Waals surface area (Å²) >= 11 is 0. The zero-order chi connectivity index (χ0) is 30.3. The highest BCUT2D eigenvalue weighted by Gasteiger charge is 2.36. The number of nitrogens with one attached hydrogen (secondary N) is 2. The minimum atomic E-state index is -0.939. The molecule has 0 aliphatic heterocycles. The van der Waals surface area contributed by atoms with Crippen molar-refractivity contribution in [1.82, 2.24) is 15.5 Å². The number of unbranched alkanes of at least 4 members (excludes halogenated alkanes) is 3. The van der Waals surface area contributed by atoms with Gasteiger partial charge in [-0.3, -0.25) is 14.4 Å². The Balaban J connectivity index is 3.43. The number of aryl methyl sites for hydroxylation is 1. The standard InChI is InChI=1S/C31H51N3O6/c1-9-11-12-13-19-34(29(37)25(20-22(3)4)33-30(38)40-31(6,7)8)27(24-16-14-15-23(5)21-24)28(36)32-18-17-26(35)39-10-2/h14-16,21-22,25,27H,9-13,17-20H2,1-8H3,(H,32,36)(H,33,38). The first kappa shape index (κ1) is 34.9. The molecular formula is C31H51N3O6. The lowest BCUT2D eigenvalue weighted by Crippen LogP contribution is -2.53. The number of esters is 1. The summed E-state index contributed by atoms with van der Waals surface area (Å²) in [6.45, 7) is 15.7. The lowest BCUT2D eigenvalue weighted by atomic mass is 9.98. The molecule has 1 rings (SSSR count). The molecular weight excluding hydrogens is 510 g/mol. The molecule has 2 atom stereocenters. The van der Waals surface area contributed by atoms with E-state index in [1.54, 1.807) is 32.6 Å². The van der Waals surface area contributed by atoms with Crippen LogP contribution in [-0.4, -0.2) is 60.1 Å². The van der Waals surface area contributed by atoms with Crippen molar-refractivity contribution in [1.29, 1.82) is 0 Å². The van der Waals surface area contributed by atoms with Crippen molar-refractivity contribution in [3.8, 4) is 0 Å². The van der Waals surface area contributed by atoms with E-state index in [-0.39, 0.29) is 37.3 Å². The van der Waals surface area contributed by atoms with Crippen molar-refractivity contribution in [2.24, 2.45) is 5.92 Å². The fourth-order valence-electron chi connectivity index (χ4n) is 4.35. The van der Waals surface area contributed by atoms with Gasteiger partial charge in [-0.25, -0.2) is 4.79 Å². The zero-order valence-corrected chi connectivity index (χ0v) is 25.8. The molecule has 0 bridgehead atoms. The van der Waals surface area contributed by atoms with E-state index in [2.05, 4.69) is 17.6 Å². The molecule has 0 aliphatic rings. The number of nitrogens with zero attached hydrogens (tertiary/aromatic N) is 1. The zero-order valence-electron chi connectivity index (χ0n) is 25.8. The Morgan fingerprint density at radius 2 is 1.73 bits per heavy atom. The van der Waals surface area contributed by atoms with Gasteiger partial charge < -0.3 is 25.0 Å². The maximum absolute atomic E-state index is 14.2. The van der Waals surface area contributed by atoms with Gasteiger partial charge in [0.2, 0.25) is 11.8 Å². The third-order valence-electron chi connectivity index (χ3n) is 6.08. The molecule has 9 nitrogen and oxygen atoms in total. The molecule has 0 heterocycles. The molecule has 1 aromatic rings. The Bertz CT molecular complexity index is 957. The molecule has 0 fully saturated rings. The Kier molecular flexibility index (Phi) is 15.3. The van der Waals surface area contributed by atoms with Crippen molar-refractivity contribution in [2.45, 2.75) is 112 Å². The van der Waals surface area contributed by atoms with Crippen LogP contribution in [0.4, 0.5) is 4.79 Å². The van der Waals surface area contributed by atoms with Crippen molar-refractivity contribution >= 4 is 23.9 Å². The smallest absolute Gasteiger partial charge is 0.408 e. The van der Waals surface area contributed by atoms with E-state index in [0.717, 1.165) is 24.8 Å². The second-order valence-electron chi connectivity index (χ2n) is 11.6. The molecule has 9 heteroatoms. The highest BCUT2D eigenvalue weighted by atomic mass is 16.6. The van der Waals surface area contributed by atoms with Gasteiger partial charge in [-0.2, -0.15) is 0 Å². The summed E-state index contributed by atoms with van der Waals surface area (Å²) in [4.78, 5) is 54.1. The summed E-state index contributed by atoms with van der Waals surface area (Å²) < 4.78 is 10.4. The number of rotatable bonds is 16. The van der Waals surface area contributed by atoms with Crippen LogP contribution < -0.4 is 10.6 Å². The molecule has 40 heavy (non-hydrogen) atoms. The van der Waals surface area contributed by atoms with Crippen LogP contribution in [0.5, 0.6) is 0 Å². The Morgan fingerprint density at radius 1 is 1.02 bits per heavy atom. The minimum Gasteiger partial charge on any atom is -0.466 e. The Morgan fingerprint density at radius 3 is 2.30 bits per heavy atom. The summed E-state index contributed by atoms with van der Waals surface area (Å²) in [5.41, 5.74) is 0.891. The molecule has 0 aliphatic carbocycles. The molecule has 0 aromatic heterocycles. The number of benzene rings is 1. The second kappa shape index (κ2) is 17.6. The van der Waals surface area contributed by atoms with E-state index >= 15 is 0 Å². The third kappa shape index (κ3) is 13.3. The third-order valence-corrected chi connectivity index (χ3v) is 6.08. The summed E-state index contributed by atoms with van der Waals surface area (Å²) in [6.07, 6.45) is 3.38. The van der Waals surface area contributed by atoms with Crippen LogP contribution in [0.15, 0.2) is 24.3 Å². The lowest BCUT2D eigenvalue weighted by molar-refractivity contribution is -0.144. The van der Waals surface area contributed by atoms with Gasteiger partial charge in [0, 0.05) is 13.1 Å². The van der Waals surface area contributed by atoms with Crippen LogP contribution in [0.1, 0.15) is 104 Å². The Labute approximate surface area is 240 Å². The van der Waals surface area contributed by atoms with E-state index < -0.39 is 29.7 Å². The van der Waals surface area contributed by atoms with Gasteiger partial charge in [-0.05, 0) is 58.9 Å². The first-order chi connectivity index (χ1) is 18.8. The lowest BCUT2D eigenvalue weighted by Gasteiger charge is -2.35. The van der Waals surface area contributed by atoms with Crippen molar-refractivity contribution in [3.05, 3.63) is 35.4 Å². The van der Waals surface area contributed by atoms with Gasteiger partial charge >= 0.3 is 12.1 Å². The topological polar surface area (TPSA) is 114 Å². The molecule has 0 saturated heterocycles. The van der Waals surface area contributed by atoms with Crippen LogP contribution in [0.2, 0.25) is 0 Å². The number of carbonyl (C=O) groups excluding carboxylic acids is 4. The maximum atomic E-state index is 14.2. The van der Waals surface area contributed by atoms with Crippen LogP contribution in [0.3, 0.4) is 0 Å². The molecule has 0 saturated carbocycles. The largest absolute Gasteiger partial charge is 0.466 e. The average molecular weight is 562 g/mol. The summed E-state index contributed by atoms with van der Waals surface area (Å²) in [7, 11) is 0. The van der Waals surface area contributed by atoms with E-state index in [1.807, 2.05) is 45.0 Å². The average Bonchev–Trinajstić information content (AvgIpc) is 2.83. The highest BCUT2D eigenvalue weighted by Crippen LogP contribution is 2.25. The van der Waals surface area contributed by atoms with Gasteiger partial charge in [0.1, 0.15) is 17.7 Å². The fraction of sp³-hybridized carbons (Fsp3) is 0.677. The molecule has 1 aromatic carbocycles. The first-order valence-electron chi connectivity index (χ1n) is 14.6. The van der Waals surface area contributed by atoms with Crippen LogP contribution in [0.25, 0.3) is 0 Å². The minimum absolute atomic E-state index is 0.0285. The number of alkyl carbamates (subject to hydrolysis) is 1. The Hall–Kier alpha value is -3.10. The fourth-order valence-corrected chi connectivity index (χ4v) is 4.35. The molecule has 0 spiro atoms. The molecule has 2 unspecified atom stereocenters. The highest BCUT2D eigenvalue weighted by molar-refractivity contribution is 5.92. The summed E-state index contributed by atoms with van der Waals surface area (Å²) in [6, 6.07) is 5.69. The van der Waals surface area contributed by atoms with Crippen molar-refractivity contribution < 1.29 is 28.7 Å². The molecule has 3 amide bonds. The van der Waals surface area contributed by atoms with E-state index in [0.29, 0.717) is 24.9 Å². The quantitative estimate of drug-likeness (QED) is 0.205. The van der Waals surface area contributed by atoms with Crippen LogP contribution in [0, 0.1) is 12.8 Å². The number of hydrogen-bond acceptors (Lipinski definition) is 6. The first-order valence-corrected chi connectivity index (χ1v) is 14.6. The normalized spacial score (nSPS) is 12.8. The number of hydrogen-bond donors (Lipinski definition) is 2. The van der Waals surface area contributed by atoms with Gasteiger partial charge in [-0.15, -0.1) is 0 Å². The molecule has 0 radical (unpaired) electrons. The predicted octanol–water partition coefficient (Wildman–Crippen LogP) is 5.45. The maximum Gasteiger partial charge on any atom is 0.408 e. The van der Waals surface area contributed by atoms with E-state index in [1.165, 1.54) is 0 Å². The van der Waals surface area contributed by atoms with Gasteiger partial charge in [0.15, 0.2) is 0 Å². The predicted molar refractivity (Wildman–Crippen MR) is 157 cm³/mol. The SMILES string of the molecule is CCCCCCN(C(=O)C(CC(C)C)NC(=O)OC(C)(C)C)C(C(=O)NCCC(=O)OCC)c1cccc(C)c1. The second-order valence-corrected chi connectivity index (χ2v) is 11.6. The van der Waals surface area contributed by atoms with Crippen LogP contribution >= 0.6 is 0 Å². The molecule has 2 N–H and O–H groups in total. The van der Waals surface area contributed by atoms with Gasteiger partial charge in [-0.1, -0.05) is 69.9 Å². The van der Waals surface area contributed by atoms with Gasteiger partial charge in [0.25, 0.3) is 0 Å². The van der Waals surface area contributed by atoms with Crippen molar-refractivity contribution in [3.63, 3.8) is 0 Å². The van der Waals surface area contributed by atoms with Gasteiger partial charge in [0.05, 0.1) is 13.0 Å². The summed E-state index contributed by atoms with van der Waals surface area (Å²) in [5, 5.41) is 5.60. The summed E-state index contributed by atoms with van der Waals surface area (Å²) in [5.74, 6) is -1.04. The van der Waals surface area contributed by atoms with Crippen LogP contribution in [-0.2, 0) is 23.9 Å². The van der Waals surface area contributed by atoms with E-state index in [9.17, 15) is 19.2 Å². The number of carbonyl (C=O) groups is 4. The van der Waals surface area contributed by atoms with E-state index in [4.69, 9.17) is 9.47 Å². The van der Waals surface area contributed by atoms with Crippen molar-refractivity contribution in [2.75, 3.05) is 19.7 Å².